The first kappa shape index (κ1) is 16.2. The first-order valence-electron chi connectivity index (χ1n) is 8.07. The Morgan fingerprint density at radius 3 is 2.47 bits per heavy atom. The van der Waals surface area contributed by atoms with Crippen molar-refractivity contribution in [1.82, 2.24) is 5.32 Å². The maximum absolute atomic E-state index is 3.48. The van der Waals surface area contributed by atoms with Gasteiger partial charge >= 0.3 is 0 Å². The first-order valence-corrected chi connectivity index (χ1v) is 8.07. The van der Waals surface area contributed by atoms with Gasteiger partial charge in [0.2, 0.25) is 0 Å². The van der Waals surface area contributed by atoms with Crippen LogP contribution in [0.15, 0.2) is 24.3 Å². The molecular formula is C18H31N. The molecule has 0 saturated heterocycles. The van der Waals surface area contributed by atoms with E-state index in [9.17, 15) is 0 Å². The van der Waals surface area contributed by atoms with Crippen LogP contribution < -0.4 is 5.32 Å². The van der Waals surface area contributed by atoms with Gasteiger partial charge in [-0.25, -0.2) is 0 Å². The Morgan fingerprint density at radius 1 is 1.00 bits per heavy atom. The highest BCUT2D eigenvalue weighted by atomic mass is 14.9. The molecule has 1 heteroatoms. The van der Waals surface area contributed by atoms with Crippen molar-refractivity contribution in [2.45, 2.75) is 71.3 Å². The molecule has 1 rings (SSSR count). The largest absolute Gasteiger partial charge is 0.313 e. The summed E-state index contributed by atoms with van der Waals surface area (Å²) in [6.07, 6.45) is 10.5. The highest BCUT2D eigenvalue weighted by molar-refractivity contribution is 5.26. The lowest BCUT2D eigenvalue weighted by atomic mass is 9.97. The van der Waals surface area contributed by atoms with E-state index >= 15 is 0 Å². The van der Waals surface area contributed by atoms with Crippen molar-refractivity contribution in [3.05, 3.63) is 35.4 Å². The van der Waals surface area contributed by atoms with Crippen LogP contribution in [0.4, 0.5) is 0 Å². The summed E-state index contributed by atoms with van der Waals surface area (Å²) >= 11 is 0. The van der Waals surface area contributed by atoms with Crippen LogP contribution in [0.5, 0.6) is 0 Å². The van der Waals surface area contributed by atoms with Crippen molar-refractivity contribution in [3.8, 4) is 0 Å². The summed E-state index contributed by atoms with van der Waals surface area (Å²) in [7, 11) is 2.09. The predicted molar refractivity (Wildman–Crippen MR) is 85.6 cm³/mol. The third-order valence-electron chi connectivity index (χ3n) is 3.84. The topological polar surface area (TPSA) is 12.0 Å². The average molecular weight is 261 g/mol. The molecule has 0 aliphatic rings. The van der Waals surface area contributed by atoms with Crippen LogP contribution in [0.1, 0.15) is 76.0 Å². The van der Waals surface area contributed by atoms with E-state index < -0.39 is 0 Å². The van der Waals surface area contributed by atoms with Crippen molar-refractivity contribution >= 4 is 0 Å². The molecule has 19 heavy (non-hydrogen) atoms. The van der Waals surface area contributed by atoms with Crippen molar-refractivity contribution in [3.63, 3.8) is 0 Å². The van der Waals surface area contributed by atoms with Crippen LogP contribution in [-0.2, 0) is 6.42 Å². The van der Waals surface area contributed by atoms with Crippen molar-refractivity contribution in [1.29, 1.82) is 0 Å². The smallest absolute Gasteiger partial charge is 0.0317 e. The van der Waals surface area contributed by atoms with Gasteiger partial charge in [0.25, 0.3) is 0 Å². The molecule has 0 spiro atoms. The molecule has 0 aliphatic heterocycles. The standard InChI is InChI=1S/C18H31N/c1-4-6-7-8-9-14-18(19-3)17-13-10-12-16(15-17)11-5-2/h10,12-13,15,18-19H,4-9,11,14H2,1-3H3. The number of nitrogens with one attached hydrogen (secondary N) is 1. The minimum absolute atomic E-state index is 0.526. The molecule has 0 aromatic heterocycles. The molecule has 1 nitrogen and oxygen atoms in total. The molecule has 108 valence electrons. The van der Waals surface area contributed by atoms with Crippen LogP contribution in [0.25, 0.3) is 0 Å². The van der Waals surface area contributed by atoms with Gasteiger partial charge in [0.1, 0.15) is 0 Å². The van der Waals surface area contributed by atoms with Crippen LogP contribution in [-0.4, -0.2) is 7.05 Å². The zero-order valence-electron chi connectivity index (χ0n) is 13.0. The fraction of sp³-hybridized carbons (Fsp3) is 0.667. The Balaban J connectivity index is 2.46. The molecule has 0 radical (unpaired) electrons. The quantitative estimate of drug-likeness (QED) is 0.566. The Morgan fingerprint density at radius 2 is 1.79 bits per heavy atom. The summed E-state index contributed by atoms with van der Waals surface area (Å²) in [6, 6.07) is 9.64. The summed E-state index contributed by atoms with van der Waals surface area (Å²) < 4.78 is 0. The maximum atomic E-state index is 3.48. The number of rotatable bonds is 10. The number of unbranched alkanes of at least 4 members (excludes halogenated alkanes) is 4. The highest BCUT2D eigenvalue weighted by Crippen LogP contribution is 2.21. The zero-order chi connectivity index (χ0) is 13.9. The number of aryl methyl sites for hydroxylation is 1. The molecule has 1 unspecified atom stereocenters. The molecule has 1 N–H and O–H groups in total. The lowest BCUT2D eigenvalue weighted by Crippen LogP contribution is -2.16. The second-order valence-electron chi connectivity index (χ2n) is 5.54. The van der Waals surface area contributed by atoms with Gasteiger partial charge in [-0.2, -0.15) is 0 Å². The minimum atomic E-state index is 0.526. The number of benzene rings is 1. The van der Waals surface area contributed by atoms with E-state index in [1.807, 2.05) is 0 Å². The van der Waals surface area contributed by atoms with Gasteiger partial charge in [0.15, 0.2) is 0 Å². The SMILES string of the molecule is CCCCCCCC(NC)c1cccc(CCC)c1. The van der Waals surface area contributed by atoms with Gasteiger partial charge in [-0.05, 0) is 31.0 Å². The summed E-state index contributed by atoms with van der Waals surface area (Å²) in [5, 5.41) is 3.48. The maximum Gasteiger partial charge on any atom is 0.0317 e. The Kier molecular flexibility index (Phi) is 8.57. The number of hydrogen-bond acceptors (Lipinski definition) is 1. The van der Waals surface area contributed by atoms with E-state index in [2.05, 4.69) is 50.5 Å². The Labute approximate surface area is 119 Å². The lowest BCUT2D eigenvalue weighted by molar-refractivity contribution is 0.500. The molecule has 0 saturated carbocycles. The Bertz CT molecular complexity index is 332. The third-order valence-corrected chi connectivity index (χ3v) is 3.84. The van der Waals surface area contributed by atoms with E-state index in [0.29, 0.717) is 6.04 Å². The monoisotopic (exact) mass is 261 g/mol. The normalized spacial score (nSPS) is 12.6. The summed E-state index contributed by atoms with van der Waals surface area (Å²) in [5.74, 6) is 0. The van der Waals surface area contributed by atoms with E-state index in [-0.39, 0.29) is 0 Å². The molecule has 1 aromatic rings. The van der Waals surface area contributed by atoms with Gasteiger partial charge < -0.3 is 5.32 Å². The molecule has 0 fully saturated rings. The van der Waals surface area contributed by atoms with E-state index in [1.165, 1.54) is 62.5 Å². The van der Waals surface area contributed by atoms with Crippen LogP contribution in [0, 0.1) is 0 Å². The third kappa shape index (κ3) is 6.24. The van der Waals surface area contributed by atoms with Gasteiger partial charge in [-0.1, -0.05) is 76.6 Å². The average Bonchev–Trinajstić information content (AvgIpc) is 2.43. The van der Waals surface area contributed by atoms with Crippen molar-refractivity contribution in [2.75, 3.05) is 7.05 Å². The molecule has 0 amide bonds. The van der Waals surface area contributed by atoms with Crippen molar-refractivity contribution in [2.24, 2.45) is 0 Å². The molecule has 0 aliphatic carbocycles. The summed E-state index contributed by atoms with van der Waals surface area (Å²) in [5.41, 5.74) is 2.94. The summed E-state index contributed by atoms with van der Waals surface area (Å²) in [4.78, 5) is 0. The predicted octanol–water partition coefficient (Wildman–Crippen LogP) is 5.26. The van der Waals surface area contributed by atoms with E-state index in [0.717, 1.165) is 0 Å². The fourth-order valence-corrected chi connectivity index (χ4v) is 2.68. The first-order chi connectivity index (χ1) is 9.31. The van der Waals surface area contributed by atoms with Gasteiger partial charge in [0.05, 0.1) is 0 Å². The van der Waals surface area contributed by atoms with E-state index in [1.54, 1.807) is 0 Å². The van der Waals surface area contributed by atoms with Crippen LogP contribution in [0.2, 0.25) is 0 Å². The zero-order valence-corrected chi connectivity index (χ0v) is 13.0. The molecular weight excluding hydrogens is 230 g/mol. The second-order valence-corrected chi connectivity index (χ2v) is 5.54. The Hall–Kier alpha value is -0.820. The molecule has 0 bridgehead atoms. The fourth-order valence-electron chi connectivity index (χ4n) is 2.68. The highest BCUT2D eigenvalue weighted by Gasteiger charge is 2.09. The van der Waals surface area contributed by atoms with Gasteiger partial charge in [0, 0.05) is 6.04 Å². The van der Waals surface area contributed by atoms with E-state index in [4.69, 9.17) is 0 Å². The lowest BCUT2D eigenvalue weighted by Gasteiger charge is -2.17. The van der Waals surface area contributed by atoms with Crippen LogP contribution in [0.3, 0.4) is 0 Å². The molecule has 1 aromatic carbocycles. The van der Waals surface area contributed by atoms with Gasteiger partial charge in [-0.3, -0.25) is 0 Å². The number of hydrogen-bond donors (Lipinski definition) is 1. The second kappa shape index (κ2) is 10.0. The van der Waals surface area contributed by atoms with Gasteiger partial charge in [-0.15, -0.1) is 0 Å². The van der Waals surface area contributed by atoms with Crippen LogP contribution >= 0.6 is 0 Å². The molecule has 0 heterocycles. The van der Waals surface area contributed by atoms with Crippen molar-refractivity contribution < 1.29 is 0 Å². The minimum Gasteiger partial charge on any atom is -0.313 e. The summed E-state index contributed by atoms with van der Waals surface area (Å²) in [6.45, 7) is 4.52. The molecule has 1 atom stereocenters.